The van der Waals surface area contributed by atoms with Gasteiger partial charge in [-0.3, -0.25) is 9.79 Å². The summed E-state index contributed by atoms with van der Waals surface area (Å²) in [5.74, 6) is 0.637. The van der Waals surface area contributed by atoms with E-state index in [1.807, 2.05) is 12.1 Å². The van der Waals surface area contributed by atoms with Gasteiger partial charge < -0.3 is 10.6 Å². The van der Waals surface area contributed by atoms with Crippen molar-refractivity contribution in [1.29, 1.82) is 0 Å². The Bertz CT molecular complexity index is 436. The van der Waals surface area contributed by atoms with Crippen LogP contribution in [0.25, 0.3) is 0 Å². The average molecular weight is 231 g/mol. The monoisotopic (exact) mass is 231 g/mol. The van der Waals surface area contributed by atoms with E-state index in [0.29, 0.717) is 5.56 Å². The number of aliphatic imine (C=N–C) groups is 1. The van der Waals surface area contributed by atoms with Crippen molar-refractivity contribution < 1.29 is 4.79 Å². The van der Waals surface area contributed by atoms with Gasteiger partial charge in [-0.05, 0) is 18.6 Å². The first-order valence-corrected chi connectivity index (χ1v) is 5.92. The molecule has 0 fully saturated rings. The second-order valence-corrected chi connectivity index (χ2v) is 4.13. The molecule has 1 aliphatic rings. The second kappa shape index (κ2) is 4.99. The van der Waals surface area contributed by atoms with Crippen LogP contribution < -0.4 is 5.73 Å². The maximum absolute atomic E-state index is 11.0. The topological polar surface area (TPSA) is 58.7 Å². The van der Waals surface area contributed by atoms with E-state index in [4.69, 9.17) is 5.73 Å². The predicted octanol–water partition coefficient (Wildman–Crippen LogP) is 1.26. The largest absolute Gasteiger partial charge is 0.366 e. The van der Waals surface area contributed by atoms with Gasteiger partial charge in [-0.1, -0.05) is 19.1 Å². The van der Waals surface area contributed by atoms with Crippen LogP contribution in [0.1, 0.15) is 29.3 Å². The predicted molar refractivity (Wildman–Crippen MR) is 68.2 cm³/mol. The molecule has 0 saturated carbocycles. The summed E-state index contributed by atoms with van der Waals surface area (Å²) in [6, 6.07) is 7.32. The lowest BCUT2D eigenvalue weighted by Gasteiger charge is -2.19. The van der Waals surface area contributed by atoms with Crippen molar-refractivity contribution in [3.05, 3.63) is 35.4 Å². The zero-order valence-corrected chi connectivity index (χ0v) is 10.0. The molecular weight excluding hydrogens is 214 g/mol. The summed E-state index contributed by atoms with van der Waals surface area (Å²) in [6.07, 6.45) is 1.11. The number of amidine groups is 1. The van der Waals surface area contributed by atoms with Gasteiger partial charge in [-0.15, -0.1) is 0 Å². The highest BCUT2D eigenvalue weighted by Gasteiger charge is 2.17. The highest BCUT2D eigenvalue weighted by molar-refractivity contribution is 6.01. The van der Waals surface area contributed by atoms with Gasteiger partial charge in [-0.2, -0.15) is 0 Å². The highest BCUT2D eigenvalue weighted by Crippen LogP contribution is 2.13. The molecule has 0 bridgehead atoms. The average Bonchev–Trinajstić information content (AvgIpc) is 2.78. The van der Waals surface area contributed by atoms with Crippen molar-refractivity contribution in [2.45, 2.75) is 13.3 Å². The Hall–Kier alpha value is -1.84. The van der Waals surface area contributed by atoms with Crippen molar-refractivity contribution in [3.63, 3.8) is 0 Å². The highest BCUT2D eigenvalue weighted by atomic mass is 16.1. The summed E-state index contributed by atoms with van der Waals surface area (Å²) in [5, 5.41) is 0. The van der Waals surface area contributed by atoms with Crippen LogP contribution in [-0.2, 0) is 0 Å². The standard InChI is InChI=1S/C13H17N3O/c1-2-8-16-9-7-15-13(16)11-5-3-10(4-6-11)12(14)17/h3-6H,2,7-9H2,1H3,(H2,14,17). The Balaban J connectivity index is 2.19. The lowest BCUT2D eigenvalue weighted by Crippen LogP contribution is -2.29. The molecule has 0 atom stereocenters. The summed E-state index contributed by atoms with van der Waals surface area (Å²) in [7, 11) is 0. The van der Waals surface area contributed by atoms with Crippen LogP contribution in [-0.4, -0.2) is 36.3 Å². The van der Waals surface area contributed by atoms with E-state index < -0.39 is 5.91 Å². The Morgan fingerprint density at radius 1 is 1.41 bits per heavy atom. The molecule has 0 unspecified atom stereocenters. The van der Waals surface area contributed by atoms with E-state index in [1.165, 1.54) is 0 Å². The smallest absolute Gasteiger partial charge is 0.248 e. The zero-order valence-electron chi connectivity index (χ0n) is 10.0. The third kappa shape index (κ3) is 2.46. The van der Waals surface area contributed by atoms with Gasteiger partial charge in [0, 0.05) is 24.2 Å². The summed E-state index contributed by atoms with van der Waals surface area (Å²) in [4.78, 5) is 17.8. The molecule has 4 nitrogen and oxygen atoms in total. The molecule has 2 rings (SSSR count). The van der Waals surface area contributed by atoms with Crippen molar-refractivity contribution in [1.82, 2.24) is 4.90 Å². The van der Waals surface area contributed by atoms with E-state index >= 15 is 0 Å². The van der Waals surface area contributed by atoms with Gasteiger partial charge in [0.15, 0.2) is 0 Å². The van der Waals surface area contributed by atoms with Crippen molar-refractivity contribution in [2.24, 2.45) is 10.7 Å². The van der Waals surface area contributed by atoms with Gasteiger partial charge in [0.1, 0.15) is 5.84 Å². The van der Waals surface area contributed by atoms with Gasteiger partial charge in [-0.25, -0.2) is 0 Å². The molecule has 90 valence electrons. The SMILES string of the molecule is CCCN1CCN=C1c1ccc(C(N)=O)cc1. The number of hydrogen-bond donors (Lipinski definition) is 1. The minimum atomic E-state index is -0.393. The van der Waals surface area contributed by atoms with Crippen LogP contribution in [0.5, 0.6) is 0 Å². The van der Waals surface area contributed by atoms with Crippen molar-refractivity contribution >= 4 is 11.7 Å². The molecule has 0 radical (unpaired) electrons. The Morgan fingerprint density at radius 3 is 2.71 bits per heavy atom. The first-order valence-electron chi connectivity index (χ1n) is 5.92. The number of amides is 1. The van der Waals surface area contributed by atoms with Crippen molar-refractivity contribution in [3.8, 4) is 0 Å². The summed E-state index contributed by atoms with van der Waals surface area (Å²) < 4.78 is 0. The first-order chi connectivity index (χ1) is 8.22. The molecule has 4 heteroatoms. The number of hydrogen-bond acceptors (Lipinski definition) is 3. The van der Waals surface area contributed by atoms with E-state index in [2.05, 4.69) is 16.8 Å². The molecule has 17 heavy (non-hydrogen) atoms. The van der Waals surface area contributed by atoms with E-state index in [9.17, 15) is 4.79 Å². The van der Waals surface area contributed by atoms with E-state index in [1.54, 1.807) is 12.1 Å². The van der Waals surface area contributed by atoms with Crippen molar-refractivity contribution in [2.75, 3.05) is 19.6 Å². The van der Waals surface area contributed by atoms with E-state index in [-0.39, 0.29) is 0 Å². The Labute approximate surface area is 101 Å². The van der Waals surface area contributed by atoms with Crippen LogP contribution in [0.3, 0.4) is 0 Å². The molecule has 0 saturated heterocycles. The van der Waals surface area contributed by atoms with Crippen LogP contribution in [0, 0.1) is 0 Å². The van der Waals surface area contributed by atoms with Gasteiger partial charge in [0.05, 0.1) is 6.54 Å². The number of primary amides is 1. The molecule has 1 aromatic rings. The molecular formula is C13H17N3O. The fourth-order valence-corrected chi connectivity index (χ4v) is 2.03. The number of carbonyl (C=O) groups excluding carboxylic acids is 1. The molecule has 1 heterocycles. The number of carbonyl (C=O) groups is 1. The Kier molecular flexibility index (Phi) is 3.42. The molecule has 1 aromatic carbocycles. The molecule has 1 amide bonds. The minimum Gasteiger partial charge on any atom is -0.366 e. The fraction of sp³-hybridized carbons (Fsp3) is 0.385. The number of nitrogens with two attached hydrogens (primary N) is 1. The lowest BCUT2D eigenvalue weighted by molar-refractivity contribution is 0.100. The molecule has 0 aromatic heterocycles. The normalized spacial score (nSPS) is 14.9. The zero-order chi connectivity index (χ0) is 12.3. The molecule has 2 N–H and O–H groups in total. The fourth-order valence-electron chi connectivity index (χ4n) is 2.03. The summed E-state index contributed by atoms with van der Waals surface area (Å²) >= 11 is 0. The molecule has 1 aliphatic heterocycles. The molecule has 0 aliphatic carbocycles. The third-order valence-corrected chi connectivity index (χ3v) is 2.85. The van der Waals surface area contributed by atoms with Gasteiger partial charge >= 0.3 is 0 Å². The van der Waals surface area contributed by atoms with Crippen LogP contribution >= 0.6 is 0 Å². The number of rotatable bonds is 4. The van der Waals surface area contributed by atoms with Gasteiger partial charge in [0.2, 0.25) is 5.91 Å². The van der Waals surface area contributed by atoms with Crippen LogP contribution in [0.15, 0.2) is 29.3 Å². The second-order valence-electron chi connectivity index (χ2n) is 4.13. The third-order valence-electron chi connectivity index (χ3n) is 2.85. The van der Waals surface area contributed by atoms with E-state index in [0.717, 1.165) is 37.5 Å². The first kappa shape index (κ1) is 11.6. The molecule has 0 spiro atoms. The van der Waals surface area contributed by atoms with Crippen LogP contribution in [0.4, 0.5) is 0 Å². The van der Waals surface area contributed by atoms with Gasteiger partial charge in [0.25, 0.3) is 0 Å². The van der Waals surface area contributed by atoms with Crippen LogP contribution in [0.2, 0.25) is 0 Å². The quantitative estimate of drug-likeness (QED) is 0.848. The number of benzene rings is 1. The lowest BCUT2D eigenvalue weighted by atomic mass is 10.1. The Morgan fingerprint density at radius 2 is 2.12 bits per heavy atom. The minimum absolute atomic E-state index is 0.393. The maximum Gasteiger partial charge on any atom is 0.248 e. The number of nitrogens with zero attached hydrogens (tertiary/aromatic N) is 2. The summed E-state index contributed by atoms with van der Waals surface area (Å²) in [5.41, 5.74) is 6.81. The summed E-state index contributed by atoms with van der Waals surface area (Å²) in [6.45, 7) is 5.02. The maximum atomic E-state index is 11.0.